The molecular formula is C20H24N2O2. The number of carboxylic acids is 1. The second-order valence-corrected chi connectivity index (χ2v) is 6.71. The van der Waals surface area contributed by atoms with Crippen LogP contribution < -0.4 is 0 Å². The summed E-state index contributed by atoms with van der Waals surface area (Å²) in [6.07, 6.45) is 3.38. The van der Waals surface area contributed by atoms with Gasteiger partial charge in [0.25, 0.3) is 0 Å². The van der Waals surface area contributed by atoms with Gasteiger partial charge in [0.1, 0.15) is 6.04 Å². The third kappa shape index (κ3) is 3.34. The number of carboxylic acid groups (broad SMARTS) is 1. The Bertz CT molecular complexity index is 683. The average molecular weight is 324 g/mol. The Morgan fingerprint density at radius 2 is 1.88 bits per heavy atom. The Balaban J connectivity index is 2.01. The molecule has 1 aliphatic rings. The maximum absolute atomic E-state index is 11.7. The van der Waals surface area contributed by atoms with Crippen LogP contribution in [0.3, 0.4) is 0 Å². The van der Waals surface area contributed by atoms with E-state index in [4.69, 9.17) is 0 Å². The molecule has 126 valence electrons. The normalized spacial score (nSPS) is 19.5. The summed E-state index contributed by atoms with van der Waals surface area (Å²) in [5, 5.41) is 9.58. The standard InChI is InChI=1S/C20H24N2O2/c1-14(2)15-8-10-16(11-9-15)19(17-6-3-4-12-21-17)22-13-5-7-18(22)20(23)24/h3-4,6,8-12,14,18-19H,5,7,13H2,1-2H3,(H,23,24). The lowest BCUT2D eigenvalue weighted by Crippen LogP contribution is -2.39. The Morgan fingerprint density at radius 3 is 2.46 bits per heavy atom. The van der Waals surface area contributed by atoms with Gasteiger partial charge in [0.05, 0.1) is 11.7 Å². The lowest BCUT2D eigenvalue weighted by molar-refractivity contribution is -0.142. The van der Waals surface area contributed by atoms with Crippen LogP contribution in [0.2, 0.25) is 0 Å². The largest absolute Gasteiger partial charge is 0.480 e. The molecule has 0 radical (unpaired) electrons. The summed E-state index contributed by atoms with van der Waals surface area (Å²) in [5.41, 5.74) is 3.30. The molecule has 3 rings (SSSR count). The van der Waals surface area contributed by atoms with Crippen molar-refractivity contribution in [1.82, 2.24) is 9.88 Å². The van der Waals surface area contributed by atoms with Gasteiger partial charge in [-0.2, -0.15) is 0 Å². The summed E-state index contributed by atoms with van der Waals surface area (Å²) in [6, 6.07) is 13.8. The number of aromatic nitrogens is 1. The zero-order valence-corrected chi connectivity index (χ0v) is 14.2. The van der Waals surface area contributed by atoms with E-state index in [0.29, 0.717) is 12.3 Å². The van der Waals surface area contributed by atoms with Crippen LogP contribution in [0.5, 0.6) is 0 Å². The highest BCUT2D eigenvalue weighted by atomic mass is 16.4. The van der Waals surface area contributed by atoms with Crippen LogP contribution in [-0.2, 0) is 4.79 Å². The first-order valence-corrected chi connectivity index (χ1v) is 8.57. The molecule has 2 unspecified atom stereocenters. The minimum atomic E-state index is -0.743. The lowest BCUT2D eigenvalue weighted by Gasteiger charge is -2.31. The fraction of sp³-hybridized carbons (Fsp3) is 0.400. The first kappa shape index (κ1) is 16.7. The molecule has 0 aliphatic carbocycles. The zero-order valence-electron chi connectivity index (χ0n) is 14.2. The molecule has 1 saturated heterocycles. The maximum Gasteiger partial charge on any atom is 0.320 e. The van der Waals surface area contributed by atoms with E-state index in [0.717, 1.165) is 24.2 Å². The summed E-state index contributed by atoms with van der Waals surface area (Å²) < 4.78 is 0. The molecule has 0 amide bonds. The summed E-state index contributed by atoms with van der Waals surface area (Å²) in [7, 11) is 0. The molecule has 4 nitrogen and oxygen atoms in total. The molecule has 1 aromatic carbocycles. The molecule has 0 spiro atoms. The second-order valence-electron chi connectivity index (χ2n) is 6.71. The third-order valence-corrected chi connectivity index (χ3v) is 4.80. The fourth-order valence-corrected chi connectivity index (χ4v) is 3.50. The number of likely N-dealkylation sites (tertiary alicyclic amines) is 1. The van der Waals surface area contributed by atoms with Crippen molar-refractivity contribution < 1.29 is 9.90 Å². The van der Waals surface area contributed by atoms with Crippen molar-refractivity contribution in [1.29, 1.82) is 0 Å². The van der Waals surface area contributed by atoms with Crippen molar-refractivity contribution in [2.24, 2.45) is 0 Å². The van der Waals surface area contributed by atoms with Crippen LogP contribution in [0, 0.1) is 0 Å². The van der Waals surface area contributed by atoms with Crippen molar-refractivity contribution in [3.63, 3.8) is 0 Å². The van der Waals surface area contributed by atoms with Crippen LogP contribution in [0.25, 0.3) is 0 Å². The van der Waals surface area contributed by atoms with Crippen LogP contribution in [-0.4, -0.2) is 33.5 Å². The van der Waals surface area contributed by atoms with Gasteiger partial charge < -0.3 is 5.11 Å². The first-order valence-electron chi connectivity index (χ1n) is 8.57. The minimum absolute atomic E-state index is 0.115. The summed E-state index contributed by atoms with van der Waals surface area (Å²) in [5.74, 6) is -0.266. The number of carbonyl (C=O) groups is 1. The average Bonchev–Trinajstić information content (AvgIpc) is 3.06. The van der Waals surface area contributed by atoms with Gasteiger partial charge in [0.15, 0.2) is 0 Å². The topological polar surface area (TPSA) is 53.4 Å². The van der Waals surface area contributed by atoms with Crippen LogP contribution >= 0.6 is 0 Å². The molecule has 2 heterocycles. The number of nitrogens with zero attached hydrogens (tertiary/aromatic N) is 2. The van der Waals surface area contributed by atoms with E-state index in [2.05, 4.69) is 48.0 Å². The molecule has 1 N–H and O–H groups in total. The summed E-state index contributed by atoms with van der Waals surface area (Å²) >= 11 is 0. The second kappa shape index (κ2) is 7.14. The van der Waals surface area contributed by atoms with Gasteiger partial charge in [-0.1, -0.05) is 44.2 Å². The quantitative estimate of drug-likeness (QED) is 0.908. The van der Waals surface area contributed by atoms with E-state index in [1.54, 1.807) is 6.20 Å². The van der Waals surface area contributed by atoms with Crippen molar-refractivity contribution >= 4 is 5.97 Å². The fourth-order valence-electron chi connectivity index (χ4n) is 3.50. The van der Waals surface area contributed by atoms with E-state index >= 15 is 0 Å². The smallest absolute Gasteiger partial charge is 0.320 e. The van der Waals surface area contributed by atoms with Gasteiger partial charge in [-0.25, -0.2) is 0 Å². The molecule has 2 aromatic rings. The highest BCUT2D eigenvalue weighted by molar-refractivity contribution is 5.74. The van der Waals surface area contributed by atoms with Gasteiger partial charge in [-0.3, -0.25) is 14.7 Å². The van der Waals surface area contributed by atoms with Gasteiger partial charge in [0.2, 0.25) is 0 Å². The Morgan fingerprint density at radius 1 is 1.17 bits per heavy atom. The maximum atomic E-state index is 11.7. The number of hydrogen-bond acceptors (Lipinski definition) is 3. The highest BCUT2D eigenvalue weighted by Gasteiger charge is 2.37. The van der Waals surface area contributed by atoms with Crippen LogP contribution in [0.4, 0.5) is 0 Å². The molecule has 0 saturated carbocycles. The number of pyridine rings is 1. The van der Waals surface area contributed by atoms with E-state index in [9.17, 15) is 9.90 Å². The van der Waals surface area contributed by atoms with E-state index in [1.165, 1.54) is 5.56 Å². The molecule has 4 heteroatoms. The number of benzene rings is 1. The molecular weight excluding hydrogens is 300 g/mol. The van der Waals surface area contributed by atoms with Crippen molar-refractivity contribution in [3.8, 4) is 0 Å². The number of hydrogen-bond donors (Lipinski definition) is 1. The molecule has 1 fully saturated rings. The Kier molecular flexibility index (Phi) is 4.95. The molecule has 1 aromatic heterocycles. The predicted molar refractivity (Wildman–Crippen MR) is 94.0 cm³/mol. The van der Waals surface area contributed by atoms with E-state index in [1.807, 2.05) is 18.2 Å². The van der Waals surface area contributed by atoms with Crippen LogP contribution in [0.15, 0.2) is 48.7 Å². The zero-order chi connectivity index (χ0) is 17.1. The molecule has 0 bridgehead atoms. The lowest BCUT2D eigenvalue weighted by atomic mass is 9.96. The van der Waals surface area contributed by atoms with Gasteiger partial charge in [-0.05, 0) is 42.0 Å². The molecule has 24 heavy (non-hydrogen) atoms. The first-order chi connectivity index (χ1) is 11.6. The third-order valence-electron chi connectivity index (χ3n) is 4.80. The Hall–Kier alpha value is -2.20. The summed E-state index contributed by atoms with van der Waals surface area (Å²) in [4.78, 5) is 18.3. The van der Waals surface area contributed by atoms with Gasteiger partial charge >= 0.3 is 5.97 Å². The van der Waals surface area contributed by atoms with E-state index < -0.39 is 12.0 Å². The van der Waals surface area contributed by atoms with Gasteiger partial charge in [-0.15, -0.1) is 0 Å². The Labute approximate surface area is 143 Å². The van der Waals surface area contributed by atoms with E-state index in [-0.39, 0.29) is 6.04 Å². The van der Waals surface area contributed by atoms with Crippen molar-refractivity contribution in [3.05, 3.63) is 65.5 Å². The van der Waals surface area contributed by atoms with Crippen LogP contribution in [0.1, 0.15) is 55.5 Å². The number of aliphatic carboxylic acids is 1. The van der Waals surface area contributed by atoms with Crippen molar-refractivity contribution in [2.75, 3.05) is 6.54 Å². The highest BCUT2D eigenvalue weighted by Crippen LogP contribution is 2.34. The molecule has 2 atom stereocenters. The predicted octanol–water partition coefficient (Wildman–Crippen LogP) is 3.84. The monoisotopic (exact) mass is 324 g/mol. The molecule has 1 aliphatic heterocycles. The SMILES string of the molecule is CC(C)c1ccc(C(c2ccccn2)N2CCCC2C(=O)O)cc1. The van der Waals surface area contributed by atoms with Crippen molar-refractivity contribution in [2.45, 2.75) is 44.7 Å². The minimum Gasteiger partial charge on any atom is -0.480 e. The van der Waals surface area contributed by atoms with Gasteiger partial charge in [0, 0.05) is 12.7 Å². The summed E-state index contributed by atoms with van der Waals surface area (Å²) in [6.45, 7) is 5.13. The number of rotatable bonds is 5.